The number of benzene rings is 2. The topological polar surface area (TPSA) is 83.4 Å². The van der Waals surface area contributed by atoms with E-state index in [0.717, 1.165) is 41.9 Å². The summed E-state index contributed by atoms with van der Waals surface area (Å²) in [6.45, 7) is 1.84. The Bertz CT molecular complexity index is 855. The van der Waals surface area contributed by atoms with Crippen molar-refractivity contribution in [2.75, 3.05) is 13.2 Å². The predicted octanol–water partition coefficient (Wildman–Crippen LogP) is 3.42. The van der Waals surface area contributed by atoms with Gasteiger partial charge >= 0.3 is 0 Å². The Morgan fingerprint density at radius 2 is 1.96 bits per heavy atom. The maximum atomic E-state index is 5.95. The number of rotatable bonds is 6. The minimum atomic E-state index is 0.155. The number of nitrogens with two attached hydrogens (primary N) is 1. The second kappa shape index (κ2) is 7.68. The van der Waals surface area contributed by atoms with Crippen LogP contribution in [0.4, 0.5) is 0 Å². The molecule has 134 valence electrons. The second-order valence-corrected chi connectivity index (χ2v) is 6.27. The first kappa shape index (κ1) is 16.8. The van der Waals surface area contributed by atoms with E-state index in [-0.39, 0.29) is 6.10 Å². The summed E-state index contributed by atoms with van der Waals surface area (Å²) in [6, 6.07) is 15.5. The molecule has 0 bridgehead atoms. The highest BCUT2D eigenvalue weighted by Crippen LogP contribution is 2.30. The van der Waals surface area contributed by atoms with Gasteiger partial charge in [0.15, 0.2) is 0 Å². The average Bonchev–Trinajstić information content (AvgIpc) is 3.39. The summed E-state index contributed by atoms with van der Waals surface area (Å²) in [6.07, 6.45) is 2.28. The zero-order valence-electron chi connectivity index (χ0n) is 14.4. The molecule has 1 aliphatic heterocycles. The van der Waals surface area contributed by atoms with Crippen molar-refractivity contribution in [3.05, 3.63) is 54.1 Å². The Morgan fingerprint density at radius 1 is 1.12 bits per heavy atom. The van der Waals surface area contributed by atoms with Gasteiger partial charge in [-0.15, -0.1) is 0 Å². The van der Waals surface area contributed by atoms with Gasteiger partial charge in [-0.05, 0) is 30.5 Å². The molecule has 0 aliphatic carbocycles. The molecular formula is C20H21N3O3. The lowest BCUT2D eigenvalue weighted by molar-refractivity contribution is 0.0681. The molecule has 1 fully saturated rings. The van der Waals surface area contributed by atoms with Crippen LogP contribution in [0.3, 0.4) is 0 Å². The van der Waals surface area contributed by atoms with Crippen molar-refractivity contribution in [1.82, 2.24) is 10.1 Å². The molecule has 1 atom stereocenters. The van der Waals surface area contributed by atoms with Gasteiger partial charge in [0, 0.05) is 18.7 Å². The molecule has 3 aromatic rings. The zero-order chi connectivity index (χ0) is 17.8. The normalized spacial score (nSPS) is 16.7. The lowest BCUT2D eigenvalue weighted by Gasteiger charge is -2.13. The number of nitrogens with zero attached hydrogens (tertiary/aromatic N) is 2. The fourth-order valence-electron chi connectivity index (χ4n) is 2.97. The molecule has 0 spiro atoms. The van der Waals surface area contributed by atoms with E-state index in [1.807, 2.05) is 48.5 Å². The summed E-state index contributed by atoms with van der Waals surface area (Å²) < 4.78 is 17.0. The molecule has 2 aromatic carbocycles. The van der Waals surface area contributed by atoms with Gasteiger partial charge in [-0.2, -0.15) is 4.98 Å². The quantitative estimate of drug-likeness (QED) is 0.733. The fourth-order valence-corrected chi connectivity index (χ4v) is 2.97. The molecule has 0 radical (unpaired) electrons. The van der Waals surface area contributed by atoms with Crippen LogP contribution in [0.25, 0.3) is 22.8 Å². The summed E-state index contributed by atoms with van der Waals surface area (Å²) >= 11 is 0. The maximum Gasteiger partial charge on any atom is 0.262 e. The third-order valence-corrected chi connectivity index (χ3v) is 4.44. The Balaban J connectivity index is 1.54. The van der Waals surface area contributed by atoms with Crippen molar-refractivity contribution in [3.63, 3.8) is 0 Å². The van der Waals surface area contributed by atoms with E-state index >= 15 is 0 Å². The van der Waals surface area contributed by atoms with Crippen LogP contribution in [-0.2, 0) is 11.3 Å². The Morgan fingerprint density at radius 3 is 2.73 bits per heavy atom. The van der Waals surface area contributed by atoms with E-state index in [2.05, 4.69) is 10.1 Å². The molecule has 1 unspecified atom stereocenters. The van der Waals surface area contributed by atoms with E-state index in [1.54, 1.807) is 0 Å². The molecule has 2 heterocycles. The van der Waals surface area contributed by atoms with Gasteiger partial charge in [-0.3, -0.25) is 0 Å². The first-order valence-electron chi connectivity index (χ1n) is 8.80. The van der Waals surface area contributed by atoms with Crippen molar-refractivity contribution in [2.24, 2.45) is 5.73 Å². The highest BCUT2D eigenvalue weighted by molar-refractivity contribution is 5.65. The summed E-state index contributed by atoms with van der Waals surface area (Å²) in [7, 11) is 0. The minimum absolute atomic E-state index is 0.155. The number of para-hydroxylation sites is 1. The summed E-state index contributed by atoms with van der Waals surface area (Å²) in [5.41, 5.74) is 8.36. The molecule has 1 saturated heterocycles. The van der Waals surface area contributed by atoms with Gasteiger partial charge < -0.3 is 19.7 Å². The lowest BCUT2D eigenvalue weighted by Crippen LogP contribution is -2.16. The van der Waals surface area contributed by atoms with Crippen LogP contribution >= 0.6 is 0 Å². The monoisotopic (exact) mass is 351 g/mol. The summed E-state index contributed by atoms with van der Waals surface area (Å²) in [5.74, 6) is 1.69. The largest absolute Gasteiger partial charge is 0.490 e. The van der Waals surface area contributed by atoms with Crippen molar-refractivity contribution >= 4 is 0 Å². The molecule has 6 heteroatoms. The van der Waals surface area contributed by atoms with Gasteiger partial charge in [0.25, 0.3) is 5.89 Å². The molecule has 4 rings (SSSR count). The van der Waals surface area contributed by atoms with Crippen LogP contribution in [0, 0.1) is 0 Å². The van der Waals surface area contributed by atoms with Crippen molar-refractivity contribution in [1.29, 1.82) is 0 Å². The SMILES string of the molecule is NCc1ccc(-c2noc(-c3ccccc3OCC3CCCO3)n2)cc1. The first-order chi connectivity index (χ1) is 12.8. The molecule has 26 heavy (non-hydrogen) atoms. The standard InChI is InChI=1S/C20H21N3O3/c21-12-14-7-9-15(10-8-14)19-22-20(26-23-19)17-5-1-2-6-18(17)25-13-16-4-3-11-24-16/h1-2,5-10,16H,3-4,11-13,21H2. The Kier molecular flexibility index (Phi) is 4.95. The number of ether oxygens (including phenoxy) is 2. The predicted molar refractivity (Wildman–Crippen MR) is 97.5 cm³/mol. The van der Waals surface area contributed by atoms with Crippen molar-refractivity contribution in [2.45, 2.75) is 25.5 Å². The first-order valence-corrected chi connectivity index (χ1v) is 8.80. The summed E-state index contributed by atoms with van der Waals surface area (Å²) in [5, 5.41) is 4.10. The summed E-state index contributed by atoms with van der Waals surface area (Å²) in [4.78, 5) is 4.53. The van der Waals surface area contributed by atoms with Gasteiger partial charge in [-0.25, -0.2) is 0 Å². The fraction of sp³-hybridized carbons (Fsp3) is 0.300. The van der Waals surface area contributed by atoms with Crippen LogP contribution in [0.2, 0.25) is 0 Å². The lowest BCUT2D eigenvalue weighted by atomic mass is 10.1. The van der Waals surface area contributed by atoms with E-state index in [9.17, 15) is 0 Å². The molecule has 1 aliphatic rings. The third-order valence-electron chi connectivity index (χ3n) is 4.44. The average molecular weight is 351 g/mol. The van der Waals surface area contributed by atoms with E-state index in [1.165, 1.54) is 0 Å². The number of aromatic nitrogens is 2. The van der Waals surface area contributed by atoms with Crippen molar-refractivity contribution < 1.29 is 14.0 Å². The van der Waals surface area contributed by atoms with Crippen LogP contribution in [-0.4, -0.2) is 29.5 Å². The van der Waals surface area contributed by atoms with Gasteiger partial charge in [0.2, 0.25) is 5.82 Å². The van der Waals surface area contributed by atoms with Crippen LogP contribution in [0.1, 0.15) is 18.4 Å². The maximum absolute atomic E-state index is 5.95. The van der Waals surface area contributed by atoms with Gasteiger partial charge in [0.05, 0.1) is 11.7 Å². The van der Waals surface area contributed by atoms with E-state index < -0.39 is 0 Å². The van der Waals surface area contributed by atoms with Crippen LogP contribution < -0.4 is 10.5 Å². The Hall–Kier alpha value is -2.70. The van der Waals surface area contributed by atoms with Crippen LogP contribution in [0.5, 0.6) is 5.75 Å². The highest BCUT2D eigenvalue weighted by atomic mass is 16.5. The smallest absolute Gasteiger partial charge is 0.262 e. The number of hydrogen-bond acceptors (Lipinski definition) is 6. The molecule has 2 N–H and O–H groups in total. The molecular weight excluding hydrogens is 330 g/mol. The minimum Gasteiger partial charge on any atom is -0.490 e. The molecule has 0 saturated carbocycles. The molecule has 1 aromatic heterocycles. The zero-order valence-corrected chi connectivity index (χ0v) is 14.4. The second-order valence-electron chi connectivity index (χ2n) is 6.27. The van der Waals surface area contributed by atoms with Gasteiger partial charge in [0.1, 0.15) is 12.4 Å². The van der Waals surface area contributed by atoms with Crippen molar-refractivity contribution in [3.8, 4) is 28.6 Å². The van der Waals surface area contributed by atoms with E-state index in [0.29, 0.717) is 24.9 Å². The van der Waals surface area contributed by atoms with Gasteiger partial charge in [-0.1, -0.05) is 41.6 Å². The third kappa shape index (κ3) is 3.61. The molecule has 6 nitrogen and oxygen atoms in total. The highest BCUT2D eigenvalue weighted by Gasteiger charge is 2.19. The van der Waals surface area contributed by atoms with E-state index in [4.69, 9.17) is 19.7 Å². The number of hydrogen-bond donors (Lipinski definition) is 1. The Labute approximate surface area is 151 Å². The van der Waals surface area contributed by atoms with Crippen LogP contribution in [0.15, 0.2) is 53.1 Å². The molecule has 0 amide bonds.